The number of hydrogen-bond donors (Lipinski definition) is 3. The molecule has 0 radical (unpaired) electrons. The second-order valence-corrected chi connectivity index (χ2v) is 6.92. The van der Waals surface area contributed by atoms with Gasteiger partial charge in [-0.25, -0.2) is 9.97 Å². The fourth-order valence-corrected chi connectivity index (χ4v) is 3.43. The summed E-state index contributed by atoms with van der Waals surface area (Å²) in [7, 11) is 1.73. The lowest BCUT2D eigenvalue weighted by atomic mass is 9.93. The number of nitrogens with zero attached hydrogens (tertiary/aromatic N) is 4. The van der Waals surface area contributed by atoms with Gasteiger partial charge in [-0.3, -0.25) is 9.78 Å². The Morgan fingerprint density at radius 2 is 2.00 bits per heavy atom. The van der Waals surface area contributed by atoms with E-state index in [1.165, 1.54) is 0 Å². The molecule has 140 valence electrons. The molecule has 0 unspecified atom stereocenters. The third-order valence-electron chi connectivity index (χ3n) is 4.92. The summed E-state index contributed by atoms with van der Waals surface area (Å²) in [6.45, 7) is 0. The number of aryl methyl sites for hydroxylation is 1. The zero-order valence-corrected chi connectivity index (χ0v) is 15.1. The van der Waals surface area contributed by atoms with Crippen molar-refractivity contribution in [1.82, 2.24) is 19.5 Å². The number of aliphatic hydroxyl groups excluding tert-OH is 1. The van der Waals surface area contributed by atoms with Crippen molar-refractivity contribution >= 4 is 28.2 Å². The third-order valence-corrected chi connectivity index (χ3v) is 4.92. The largest absolute Gasteiger partial charge is 0.393 e. The molecule has 3 aromatic rings. The molecule has 1 saturated carbocycles. The maximum atomic E-state index is 12.7. The zero-order valence-electron chi connectivity index (χ0n) is 15.1. The van der Waals surface area contributed by atoms with Crippen LogP contribution in [0.2, 0.25) is 0 Å². The van der Waals surface area contributed by atoms with E-state index in [9.17, 15) is 9.90 Å². The van der Waals surface area contributed by atoms with Gasteiger partial charge in [0.15, 0.2) is 0 Å². The number of fused-ring (bicyclic) bond motifs is 1. The van der Waals surface area contributed by atoms with Crippen molar-refractivity contribution in [3.63, 3.8) is 0 Å². The van der Waals surface area contributed by atoms with Gasteiger partial charge in [0.2, 0.25) is 0 Å². The summed E-state index contributed by atoms with van der Waals surface area (Å²) in [5.41, 5.74) is -0.0932. The van der Waals surface area contributed by atoms with E-state index in [1.54, 1.807) is 36.4 Å². The highest BCUT2D eigenvalue weighted by Gasteiger charge is 2.21. The molecule has 0 aliphatic heterocycles. The van der Waals surface area contributed by atoms with Crippen LogP contribution in [0, 0.1) is 0 Å². The first-order valence-corrected chi connectivity index (χ1v) is 9.08. The van der Waals surface area contributed by atoms with Crippen LogP contribution in [0.1, 0.15) is 25.7 Å². The molecule has 0 spiro atoms. The third kappa shape index (κ3) is 3.75. The van der Waals surface area contributed by atoms with Crippen molar-refractivity contribution in [3.8, 4) is 0 Å². The minimum atomic E-state index is -0.231. The van der Waals surface area contributed by atoms with Crippen molar-refractivity contribution < 1.29 is 5.11 Å². The molecule has 3 heterocycles. The molecule has 0 aromatic carbocycles. The summed E-state index contributed by atoms with van der Waals surface area (Å²) in [6.07, 6.45) is 9.54. The Morgan fingerprint density at radius 3 is 2.74 bits per heavy atom. The van der Waals surface area contributed by atoms with Crippen molar-refractivity contribution in [2.45, 2.75) is 37.8 Å². The number of aromatic nitrogens is 4. The summed E-state index contributed by atoms with van der Waals surface area (Å²) < 4.78 is 1.55. The van der Waals surface area contributed by atoms with Gasteiger partial charge in [0.1, 0.15) is 17.5 Å². The van der Waals surface area contributed by atoms with Crippen molar-refractivity contribution in [2.24, 2.45) is 7.05 Å². The Kier molecular flexibility index (Phi) is 4.72. The zero-order chi connectivity index (χ0) is 18.8. The maximum Gasteiger partial charge on any atom is 0.261 e. The van der Waals surface area contributed by atoms with Gasteiger partial charge in [-0.15, -0.1) is 0 Å². The first-order valence-electron chi connectivity index (χ1n) is 9.08. The van der Waals surface area contributed by atoms with Gasteiger partial charge in [-0.05, 0) is 43.2 Å². The van der Waals surface area contributed by atoms with Crippen LogP contribution in [-0.4, -0.2) is 36.8 Å². The molecule has 3 N–H and O–H groups in total. The average molecular weight is 366 g/mol. The minimum Gasteiger partial charge on any atom is -0.393 e. The Hall–Kier alpha value is -3.00. The predicted molar refractivity (Wildman–Crippen MR) is 104 cm³/mol. The van der Waals surface area contributed by atoms with E-state index in [-0.39, 0.29) is 17.7 Å². The van der Waals surface area contributed by atoms with E-state index >= 15 is 0 Å². The number of rotatable bonds is 4. The molecule has 1 aliphatic carbocycles. The van der Waals surface area contributed by atoms with E-state index in [1.807, 2.05) is 12.1 Å². The fourth-order valence-electron chi connectivity index (χ4n) is 3.43. The molecule has 0 amide bonds. The van der Waals surface area contributed by atoms with Gasteiger partial charge in [0.25, 0.3) is 5.56 Å². The highest BCUT2D eigenvalue weighted by molar-refractivity contribution is 5.93. The second kappa shape index (κ2) is 7.32. The number of anilines is 3. The lowest BCUT2D eigenvalue weighted by Crippen LogP contribution is -2.29. The molecule has 27 heavy (non-hydrogen) atoms. The molecule has 0 bridgehead atoms. The SMILES string of the molecule is Cn1ccc2cc(Nc3cnccn3)nc(NC3CCC(O)CC3)c2c1=O. The molecule has 1 aliphatic rings. The molecule has 4 rings (SSSR count). The standard InChI is InChI=1S/C19H22N6O2/c1-25-9-6-12-10-15(23-16-11-20-7-8-21-16)24-18(17(12)19(25)27)22-13-2-4-14(26)5-3-13/h6-11,13-14,26H,2-5H2,1H3,(H2,21,22,23,24). The summed E-state index contributed by atoms with van der Waals surface area (Å²) in [5, 5.41) is 17.7. The van der Waals surface area contributed by atoms with Crippen LogP contribution >= 0.6 is 0 Å². The van der Waals surface area contributed by atoms with Crippen LogP contribution in [0.3, 0.4) is 0 Å². The highest BCUT2D eigenvalue weighted by Crippen LogP contribution is 2.27. The van der Waals surface area contributed by atoms with Crippen LogP contribution in [0.5, 0.6) is 0 Å². The van der Waals surface area contributed by atoms with Gasteiger partial charge in [0, 0.05) is 31.7 Å². The molecule has 0 saturated heterocycles. The van der Waals surface area contributed by atoms with Gasteiger partial charge in [-0.1, -0.05) is 0 Å². The molecule has 0 atom stereocenters. The number of aliphatic hydroxyl groups is 1. The lowest BCUT2D eigenvalue weighted by Gasteiger charge is -2.27. The molecule has 8 nitrogen and oxygen atoms in total. The second-order valence-electron chi connectivity index (χ2n) is 6.92. The van der Waals surface area contributed by atoms with Crippen LogP contribution in [0.4, 0.5) is 17.5 Å². The van der Waals surface area contributed by atoms with E-state index in [2.05, 4.69) is 25.6 Å². The van der Waals surface area contributed by atoms with Gasteiger partial charge >= 0.3 is 0 Å². The monoisotopic (exact) mass is 366 g/mol. The Balaban J connectivity index is 1.73. The Bertz CT molecular complexity index is 996. The summed E-state index contributed by atoms with van der Waals surface area (Å²) in [6, 6.07) is 3.91. The van der Waals surface area contributed by atoms with Crippen LogP contribution in [0.15, 0.2) is 41.7 Å². The van der Waals surface area contributed by atoms with E-state index in [0.29, 0.717) is 22.8 Å². The van der Waals surface area contributed by atoms with E-state index < -0.39 is 0 Å². The van der Waals surface area contributed by atoms with Crippen LogP contribution in [0.25, 0.3) is 10.8 Å². The quantitative estimate of drug-likeness (QED) is 0.650. The average Bonchev–Trinajstić information content (AvgIpc) is 2.67. The molecular formula is C19H22N6O2. The predicted octanol–water partition coefficient (Wildman–Crippen LogP) is 2.18. The van der Waals surface area contributed by atoms with E-state index in [0.717, 1.165) is 31.1 Å². The van der Waals surface area contributed by atoms with Gasteiger partial charge < -0.3 is 20.3 Å². The van der Waals surface area contributed by atoms with Gasteiger partial charge in [0.05, 0.1) is 17.7 Å². The molecule has 1 fully saturated rings. The minimum absolute atomic E-state index is 0.0932. The molecular weight excluding hydrogens is 344 g/mol. The van der Waals surface area contributed by atoms with E-state index in [4.69, 9.17) is 0 Å². The van der Waals surface area contributed by atoms with Crippen molar-refractivity contribution in [1.29, 1.82) is 0 Å². The highest BCUT2D eigenvalue weighted by atomic mass is 16.3. The van der Waals surface area contributed by atoms with Crippen LogP contribution < -0.4 is 16.2 Å². The summed E-state index contributed by atoms with van der Waals surface area (Å²) in [4.78, 5) is 25.6. The Morgan fingerprint density at radius 1 is 1.19 bits per heavy atom. The number of pyridine rings is 2. The lowest BCUT2D eigenvalue weighted by molar-refractivity contribution is 0.126. The maximum absolute atomic E-state index is 12.7. The summed E-state index contributed by atoms with van der Waals surface area (Å²) >= 11 is 0. The number of nitrogens with one attached hydrogen (secondary N) is 2. The fraction of sp³-hybridized carbons (Fsp3) is 0.368. The summed E-state index contributed by atoms with van der Waals surface area (Å²) in [5.74, 6) is 1.73. The molecule has 8 heteroatoms. The van der Waals surface area contributed by atoms with Crippen molar-refractivity contribution in [3.05, 3.63) is 47.3 Å². The first kappa shape index (κ1) is 17.4. The topological polar surface area (TPSA) is 105 Å². The Labute approximate surface area is 156 Å². The normalized spacial score (nSPS) is 19.8. The van der Waals surface area contributed by atoms with Crippen molar-refractivity contribution in [2.75, 3.05) is 10.6 Å². The van der Waals surface area contributed by atoms with Gasteiger partial charge in [-0.2, -0.15) is 0 Å². The first-order chi connectivity index (χ1) is 13.1. The van der Waals surface area contributed by atoms with Crippen LogP contribution in [-0.2, 0) is 7.05 Å². The smallest absolute Gasteiger partial charge is 0.261 e. The number of hydrogen-bond acceptors (Lipinski definition) is 7. The molecule has 3 aromatic heterocycles.